The van der Waals surface area contributed by atoms with Crippen molar-refractivity contribution in [2.45, 2.75) is 25.3 Å². The minimum Gasteiger partial charge on any atom is -0.358 e. The molecule has 0 aliphatic heterocycles. The lowest BCUT2D eigenvalue weighted by Gasteiger charge is -2.06. The summed E-state index contributed by atoms with van der Waals surface area (Å²) in [4.78, 5) is 4.53. The number of hydrogen-bond donors (Lipinski definition) is 2. The Labute approximate surface area is 142 Å². The number of aromatic amines is 1. The summed E-state index contributed by atoms with van der Waals surface area (Å²) < 4.78 is 7.17. The Morgan fingerprint density at radius 3 is 2.91 bits per heavy atom. The van der Waals surface area contributed by atoms with Crippen molar-refractivity contribution >= 4 is 28.9 Å². The second kappa shape index (κ2) is 6.21. The summed E-state index contributed by atoms with van der Waals surface area (Å²) in [5.74, 6) is 2.42. The Bertz CT molecular complexity index is 846. The van der Waals surface area contributed by atoms with Crippen LogP contribution in [0.1, 0.15) is 24.6 Å². The minimum absolute atomic E-state index is 0.578. The second-order valence-electron chi connectivity index (χ2n) is 5.53. The molecule has 0 amide bonds. The normalized spacial score (nSPS) is 14.1. The van der Waals surface area contributed by atoms with E-state index in [4.69, 9.17) is 12.2 Å². The Balaban J connectivity index is 1.40. The van der Waals surface area contributed by atoms with Crippen molar-refractivity contribution < 1.29 is 0 Å². The van der Waals surface area contributed by atoms with Gasteiger partial charge in [0.25, 0.3) is 0 Å². The molecule has 0 radical (unpaired) electrons. The zero-order chi connectivity index (χ0) is 15.6. The number of nitrogens with zero attached hydrogens (tertiary/aromatic N) is 4. The van der Waals surface area contributed by atoms with Gasteiger partial charge in [0.05, 0.1) is 0 Å². The fourth-order valence-corrected chi connectivity index (χ4v) is 3.32. The van der Waals surface area contributed by atoms with Crippen molar-refractivity contribution in [3.8, 4) is 11.4 Å². The molecule has 1 aliphatic rings. The number of rotatable bonds is 6. The van der Waals surface area contributed by atoms with E-state index in [9.17, 15) is 0 Å². The molecule has 2 aromatic heterocycles. The molecule has 1 fully saturated rings. The molecule has 0 unspecified atom stereocenters. The average molecular weight is 344 g/mol. The van der Waals surface area contributed by atoms with E-state index < -0.39 is 0 Å². The average Bonchev–Trinajstić information content (AvgIpc) is 3.20. The zero-order valence-electron chi connectivity index (χ0n) is 12.4. The first-order chi connectivity index (χ1) is 11.3. The number of H-pyrrole nitrogens is 1. The van der Waals surface area contributed by atoms with Crippen LogP contribution in [-0.4, -0.2) is 30.7 Å². The summed E-state index contributed by atoms with van der Waals surface area (Å²) in [6.07, 6.45) is 2.42. The van der Waals surface area contributed by atoms with Gasteiger partial charge in [0, 0.05) is 36.1 Å². The number of benzene rings is 1. The zero-order valence-corrected chi connectivity index (χ0v) is 14.0. The Morgan fingerprint density at radius 1 is 1.30 bits per heavy atom. The summed E-state index contributed by atoms with van der Waals surface area (Å²) in [6.45, 7) is 1.53. The van der Waals surface area contributed by atoms with E-state index in [1.54, 1.807) is 0 Å². The van der Waals surface area contributed by atoms with Crippen LogP contribution in [0.4, 0.5) is 5.13 Å². The summed E-state index contributed by atoms with van der Waals surface area (Å²) in [5.41, 5.74) is 1.03. The molecule has 23 heavy (non-hydrogen) atoms. The predicted molar refractivity (Wildman–Crippen MR) is 93.2 cm³/mol. The van der Waals surface area contributed by atoms with Crippen molar-refractivity contribution in [2.24, 2.45) is 0 Å². The Hall–Kier alpha value is -2.06. The van der Waals surface area contributed by atoms with Crippen molar-refractivity contribution in [1.29, 1.82) is 0 Å². The molecule has 2 N–H and O–H groups in total. The van der Waals surface area contributed by atoms with Crippen molar-refractivity contribution in [3.05, 3.63) is 40.9 Å². The van der Waals surface area contributed by atoms with Gasteiger partial charge < -0.3 is 9.88 Å². The van der Waals surface area contributed by atoms with Gasteiger partial charge in [-0.1, -0.05) is 30.3 Å². The molecule has 6 nitrogen and oxygen atoms in total. The van der Waals surface area contributed by atoms with Crippen LogP contribution in [0.15, 0.2) is 30.3 Å². The Kier molecular flexibility index (Phi) is 3.92. The standard InChI is InChI=1S/C15H16N6S2/c22-15-19-18-13(11-6-7-11)21(15)9-8-16-14-17-12(20-23-14)10-4-2-1-3-5-10/h1-5,11H,6-9H2,(H,19,22)(H,16,17,20). The van der Waals surface area contributed by atoms with Gasteiger partial charge in [0.15, 0.2) is 10.6 Å². The highest BCUT2D eigenvalue weighted by molar-refractivity contribution is 7.71. The van der Waals surface area contributed by atoms with Crippen molar-refractivity contribution in [2.75, 3.05) is 11.9 Å². The number of anilines is 1. The lowest BCUT2D eigenvalue weighted by molar-refractivity contribution is 0.669. The molecular formula is C15H16N6S2. The van der Waals surface area contributed by atoms with Gasteiger partial charge in [-0.25, -0.2) is 0 Å². The van der Waals surface area contributed by atoms with Crippen LogP contribution < -0.4 is 5.32 Å². The van der Waals surface area contributed by atoms with Gasteiger partial charge in [-0.05, 0) is 25.1 Å². The quantitative estimate of drug-likeness (QED) is 0.670. The van der Waals surface area contributed by atoms with Crippen molar-refractivity contribution in [1.82, 2.24) is 24.1 Å². The predicted octanol–water partition coefficient (Wildman–Crippen LogP) is 3.45. The lowest BCUT2D eigenvalue weighted by atomic mass is 10.2. The summed E-state index contributed by atoms with van der Waals surface area (Å²) in [5, 5.41) is 11.4. The van der Waals surface area contributed by atoms with Crippen LogP contribution in [0.2, 0.25) is 0 Å². The molecule has 0 bridgehead atoms. The third-order valence-electron chi connectivity index (χ3n) is 3.80. The van der Waals surface area contributed by atoms with Crippen LogP contribution in [-0.2, 0) is 6.54 Å². The molecule has 0 atom stereocenters. The molecule has 1 aliphatic carbocycles. The molecule has 0 spiro atoms. The molecule has 2 heterocycles. The van der Waals surface area contributed by atoms with E-state index in [1.165, 1.54) is 24.4 Å². The van der Waals surface area contributed by atoms with Crippen LogP contribution in [0, 0.1) is 4.77 Å². The second-order valence-corrected chi connectivity index (χ2v) is 6.67. The van der Waals surface area contributed by atoms with E-state index in [1.807, 2.05) is 30.3 Å². The first-order valence-electron chi connectivity index (χ1n) is 7.59. The van der Waals surface area contributed by atoms with E-state index in [-0.39, 0.29) is 0 Å². The lowest BCUT2D eigenvalue weighted by Crippen LogP contribution is -2.12. The van der Waals surface area contributed by atoms with Gasteiger partial charge in [0.1, 0.15) is 5.82 Å². The fourth-order valence-electron chi connectivity index (χ4n) is 2.47. The molecule has 4 rings (SSSR count). The van der Waals surface area contributed by atoms with Crippen molar-refractivity contribution in [3.63, 3.8) is 0 Å². The molecule has 118 valence electrons. The maximum Gasteiger partial charge on any atom is 0.202 e. The third kappa shape index (κ3) is 3.18. The summed E-state index contributed by atoms with van der Waals surface area (Å²) in [7, 11) is 0. The topological polar surface area (TPSA) is 71.4 Å². The highest BCUT2D eigenvalue weighted by atomic mass is 32.1. The fraction of sp³-hybridized carbons (Fsp3) is 0.333. The smallest absolute Gasteiger partial charge is 0.202 e. The summed E-state index contributed by atoms with van der Waals surface area (Å²) in [6, 6.07) is 9.99. The minimum atomic E-state index is 0.578. The van der Waals surface area contributed by atoms with Gasteiger partial charge in [-0.15, -0.1) is 0 Å². The van der Waals surface area contributed by atoms with E-state index in [2.05, 4.69) is 29.4 Å². The van der Waals surface area contributed by atoms with Gasteiger partial charge in [-0.2, -0.15) is 14.5 Å². The first kappa shape index (κ1) is 14.5. The molecule has 0 saturated heterocycles. The van der Waals surface area contributed by atoms with E-state index in [0.717, 1.165) is 35.4 Å². The van der Waals surface area contributed by atoms with Crippen LogP contribution in [0.5, 0.6) is 0 Å². The highest BCUT2D eigenvalue weighted by Crippen LogP contribution is 2.38. The van der Waals surface area contributed by atoms with E-state index in [0.29, 0.717) is 10.7 Å². The van der Waals surface area contributed by atoms with Gasteiger partial charge in [-0.3, -0.25) is 5.10 Å². The van der Waals surface area contributed by atoms with E-state index >= 15 is 0 Å². The summed E-state index contributed by atoms with van der Waals surface area (Å²) >= 11 is 6.69. The first-order valence-corrected chi connectivity index (χ1v) is 8.77. The third-order valence-corrected chi connectivity index (χ3v) is 4.78. The monoisotopic (exact) mass is 344 g/mol. The maximum atomic E-state index is 5.31. The number of nitrogens with one attached hydrogen (secondary N) is 2. The maximum absolute atomic E-state index is 5.31. The number of hydrogen-bond acceptors (Lipinski definition) is 6. The molecule has 1 saturated carbocycles. The van der Waals surface area contributed by atoms with Gasteiger partial charge in [0.2, 0.25) is 5.13 Å². The molecule has 1 aromatic carbocycles. The molecule has 3 aromatic rings. The highest BCUT2D eigenvalue weighted by Gasteiger charge is 2.28. The Morgan fingerprint density at radius 2 is 2.13 bits per heavy atom. The van der Waals surface area contributed by atoms with Gasteiger partial charge >= 0.3 is 0 Å². The molecular weight excluding hydrogens is 328 g/mol. The van der Waals surface area contributed by atoms with Crippen LogP contribution in [0.3, 0.4) is 0 Å². The SMILES string of the molecule is S=c1[nH]nc(C2CC2)n1CCNc1nc(-c2ccccc2)ns1. The molecule has 8 heteroatoms. The largest absolute Gasteiger partial charge is 0.358 e. The number of aromatic nitrogens is 5. The van der Waals surface area contributed by atoms with Crippen LogP contribution >= 0.6 is 23.8 Å². The van der Waals surface area contributed by atoms with Crippen LogP contribution in [0.25, 0.3) is 11.4 Å².